The number of furan rings is 1. The fourth-order valence-electron chi connectivity index (χ4n) is 2.77. The third kappa shape index (κ3) is 2.96. The summed E-state index contributed by atoms with van der Waals surface area (Å²) < 4.78 is 5.68. The molecule has 0 aliphatic carbocycles. The quantitative estimate of drug-likeness (QED) is 0.892. The smallest absolute Gasteiger partial charge is 0.106 e. The van der Waals surface area contributed by atoms with Crippen LogP contribution in [-0.2, 0) is 6.42 Å². The van der Waals surface area contributed by atoms with E-state index >= 15 is 0 Å². The summed E-state index contributed by atoms with van der Waals surface area (Å²) in [7, 11) is 0. The molecule has 1 unspecified atom stereocenters. The molecule has 0 aliphatic rings. The molecule has 0 saturated heterocycles. The van der Waals surface area contributed by atoms with Crippen molar-refractivity contribution in [2.24, 2.45) is 11.7 Å². The molecule has 0 bridgehead atoms. The van der Waals surface area contributed by atoms with Crippen LogP contribution < -0.4 is 5.73 Å². The summed E-state index contributed by atoms with van der Waals surface area (Å²) in [5, 5.41) is 0. The highest BCUT2D eigenvalue weighted by molar-refractivity contribution is 5.40. The second kappa shape index (κ2) is 5.84. The van der Waals surface area contributed by atoms with Crippen molar-refractivity contribution in [3.63, 3.8) is 0 Å². The van der Waals surface area contributed by atoms with Crippen molar-refractivity contribution in [1.29, 1.82) is 0 Å². The Morgan fingerprint density at radius 2 is 1.60 bits per heavy atom. The first-order valence-electron chi connectivity index (χ1n) is 7.31. The lowest BCUT2D eigenvalue weighted by Crippen LogP contribution is -2.13. The second-order valence-corrected chi connectivity index (χ2v) is 6.07. The molecule has 0 amide bonds. The lowest BCUT2D eigenvalue weighted by Gasteiger charge is -2.14. The molecular weight excluding hydrogens is 246 g/mol. The monoisotopic (exact) mass is 271 g/mol. The van der Waals surface area contributed by atoms with Crippen LogP contribution in [0.5, 0.6) is 0 Å². The zero-order valence-electron chi connectivity index (χ0n) is 13.2. The first-order chi connectivity index (χ1) is 9.40. The van der Waals surface area contributed by atoms with Crippen LogP contribution in [0.25, 0.3) is 0 Å². The molecule has 1 heterocycles. The average Bonchev–Trinajstić information content (AvgIpc) is 2.63. The van der Waals surface area contributed by atoms with Gasteiger partial charge in [-0.1, -0.05) is 38.1 Å². The van der Waals surface area contributed by atoms with Crippen LogP contribution in [0, 0.1) is 26.7 Å². The third-order valence-corrected chi connectivity index (χ3v) is 3.91. The van der Waals surface area contributed by atoms with Crippen LogP contribution in [0.1, 0.15) is 53.7 Å². The maximum atomic E-state index is 6.42. The molecule has 1 atom stereocenters. The van der Waals surface area contributed by atoms with Crippen LogP contribution in [0.4, 0.5) is 0 Å². The van der Waals surface area contributed by atoms with Crippen LogP contribution >= 0.6 is 0 Å². The zero-order valence-corrected chi connectivity index (χ0v) is 13.2. The average molecular weight is 271 g/mol. The fourth-order valence-corrected chi connectivity index (χ4v) is 2.77. The molecule has 0 fully saturated rings. The van der Waals surface area contributed by atoms with Crippen molar-refractivity contribution in [1.82, 2.24) is 0 Å². The Morgan fingerprint density at radius 1 is 1.00 bits per heavy atom. The SMILES string of the molecule is Cc1oc(C)c(C(N)c2ccc(CC(C)C)cc2)c1C. The van der Waals surface area contributed by atoms with Crippen molar-refractivity contribution in [2.75, 3.05) is 0 Å². The normalized spacial score (nSPS) is 12.9. The maximum Gasteiger partial charge on any atom is 0.106 e. The van der Waals surface area contributed by atoms with Gasteiger partial charge in [-0.2, -0.15) is 0 Å². The van der Waals surface area contributed by atoms with E-state index < -0.39 is 0 Å². The van der Waals surface area contributed by atoms with E-state index in [-0.39, 0.29) is 6.04 Å². The minimum Gasteiger partial charge on any atom is -0.466 e. The van der Waals surface area contributed by atoms with Crippen LogP contribution in [-0.4, -0.2) is 0 Å². The molecule has 2 heteroatoms. The summed E-state index contributed by atoms with van der Waals surface area (Å²) in [6.07, 6.45) is 1.11. The van der Waals surface area contributed by atoms with Gasteiger partial charge >= 0.3 is 0 Å². The number of hydrogen-bond donors (Lipinski definition) is 1. The van der Waals surface area contributed by atoms with Gasteiger partial charge in [0.25, 0.3) is 0 Å². The minimum absolute atomic E-state index is 0.111. The molecule has 1 aromatic heterocycles. The molecule has 2 nitrogen and oxygen atoms in total. The number of hydrogen-bond acceptors (Lipinski definition) is 2. The lowest BCUT2D eigenvalue weighted by atomic mass is 9.94. The molecule has 2 rings (SSSR count). The van der Waals surface area contributed by atoms with Gasteiger partial charge in [-0.3, -0.25) is 0 Å². The molecule has 20 heavy (non-hydrogen) atoms. The summed E-state index contributed by atoms with van der Waals surface area (Å²) in [5.74, 6) is 2.57. The van der Waals surface area contributed by atoms with Gasteiger partial charge in [0.15, 0.2) is 0 Å². The molecule has 108 valence electrons. The molecule has 2 N–H and O–H groups in total. The molecule has 0 aliphatic heterocycles. The number of benzene rings is 1. The van der Waals surface area contributed by atoms with Gasteiger partial charge in [-0.25, -0.2) is 0 Å². The fraction of sp³-hybridized carbons (Fsp3) is 0.444. The Hall–Kier alpha value is -1.54. The molecule has 1 aromatic carbocycles. The van der Waals surface area contributed by atoms with E-state index in [4.69, 9.17) is 10.2 Å². The first-order valence-corrected chi connectivity index (χ1v) is 7.31. The van der Waals surface area contributed by atoms with E-state index in [1.54, 1.807) is 0 Å². The Bertz CT molecular complexity index is 578. The van der Waals surface area contributed by atoms with E-state index in [1.807, 2.05) is 13.8 Å². The Kier molecular flexibility index (Phi) is 4.34. The van der Waals surface area contributed by atoms with Gasteiger partial charge in [0, 0.05) is 5.56 Å². The number of aryl methyl sites for hydroxylation is 2. The third-order valence-electron chi connectivity index (χ3n) is 3.91. The highest BCUT2D eigenvalue weighted by Gasteiger charge is 2.19. The van der Waals surface area contributed by atoms with Gasteiger partial charge in [0.05, 0.1) is 6.04 Å². The van der Waals surface area contributed by atoms with E-state index in [0.29, 0.717) is 5.92 Å². The molecular formula is C18H25NO. The predicted octanol–water partition coefficient (Wildman–Crippen LogP) is 4.45. The maximum absolute atomic E-state index is 6.42. The highest BCUT2D eigenvalue weighted by Crippen LogP contribution is 2.30. The van der Waals surface area contributed by atoms with Gasteiger partial charge in [-0.05, 0) is 49.8 Å². The largest absolute Gasteiger partial charge is 0.466 e. The lowest BCUT2D eigenvalue weighted by molar-refractivity contribution is 0.498. The molecule has 0 spiro atoms. The van der Waals surface area contributed by atoms with E-state index in [0.717, 1.165) is 29.1 Å². The minimum atomic E-state index is -0.111. The Morgan fingerprint density at radius 3 is 2.05 bits per heavy atom. The van der Waals surface area contributed by atoms with Gasteiger partial charge < -0.3 is 10.2 Å². The van der Waals surface area contributed by atoms with Crippen molar-refractivity contribution >= 4 is 0 Å². The predicted molar refractivity (Wildman–Crippen MR) is 83.9 cm³/mol. The van der Waals surface area contributed by atoms with Gasteiger partial charge in [0.2, 0.25) is 0 Å². The van der Waals surface area contributed by atoms with Gasteiger partial charge in [-0.15, -0.1) is 0 Å². The summed E-state index contributed by atoms with van der Waals surface area (Å²) in [6, 6.07) is 8.55. The van der Waals surface area contributed by atoms with Crippen molar-refractivity contribution in [2.45, 2.75) is 47.1 Å². The molecule has 0 saturated carbocycles. The Balaban J connectivity index is 2.27. The summed E-state index contributed by atoms with van der Waals surface area (Å²) in [5.41, 5.74) is 11.2. The Labute approximate surface area is 122 Å². The van der Waals surface area contributed by atoms with Crippen molar-refractivity contribution in [3.05, 3.63) is 58.0 Å². The van der Waals surface area contributed by atoms with Gasteiger partial charge in [0.1, 0.15) is 11.5 Å². The zero-order chi connectivity index (χ0) is 14.9. The van der Waals surface area contributed by atoms with Crippen LogP contribution in [0.2, 0.25) is 0 Å². The second-order valence-electron chi connectivity index (χ2n) is 6.07. The van der Waals surface area contributed by atoms with Crippen molar-refractivity contribution < 1.29 is 4.42 Å². The summed E-state index contributed by atoms with van der Waals surface area (Å²) in [4.78, 5) is 0. The highest BCUT2D eigenvalue weighted by atomic mass is 16.3. The number of nitrogens with two attached hydrogens (primary N) is 1. The molecule has 2 aromatic rings. The standard InChI is InChI=1S/C18H25NO/c1-11(2)10-15-6-8-16(9-7-15)18(19)17-12(3)13(4)20-14(17)5/h6-9,11,18H,10,19H2,1-5H3. The van der Waals surface area contributed by atoms with E-state index in [9.17, 15) is 0 Å². The first kappa shape index (κ1) is 14.9. The van der Waals surface area contributed by atoms with Crippen LogP contribution in [0.15, 0.2) is 28.7 Å². The van der Waals surface area contributed by atoms with Crippen molar-refractivity contribution in [3.8, 4) is 0 Å². The van der Waals surface area contributed by atoms with E-state index in [2.05, 4.69) is 45.0 Å². The summed E-state index contributed by atoms with van der Waals surface area (Å²) in [6.45, 7) is 10.5. The number of rotatable bonds is 4. The summed E-state index contributed by atoms with van der Waals surface area (Å²) >= 11 is 0. The van der Waals surface area contributed by atoms with E-state index in [1.165, 1.54) is 11.1 Å². The molecule has 0 radical (unpaired) electrons. The van der Waals surface area contributed by atoms with Crippen LogP contribution in [0.3, 0.4) is 0 Å². The topological polar surface area (TPSA) is 39.2 Å².